The van der Waals surface area contributed by atoms with Crippen LogP contribution in [-0.2, 0) is 45.4 Å². The molecular weight excluding hydrogens is 1220 g/mol. The zero-order chi connectivity index (χ0) is 56.1. The first-order valence-corrected chi connectivity index (χ1v) is 25.4. The van der Waals surface area contributed by atoms with Crippen LogP contribution in [0.2, 0.25) is 26.2 Å². The average Bonchev–Trinajstić information content (AvgIpc) is 3.79. The third-order valence-electron chi connectivity index (χ3n) is 10.2. The molecule has 0 atom stereocenters. The Balaban J connectivity index is -0.000000950. The van der Waals surface area contributed by atoms with Crippen molar-refractivity contribution in [1.82, 2.24) is 29.9 Å². The van der Waals surface area contributed by atoms with E-state index in [0.717, 1.165) is 33.7 Å². The second-order valence-corrected chi connectivity index (χ2v) is 19.2. The number of rotatable bonds is 16. The van der Waals surface area contributed by atoms with E-state index in [1.807, 2.05) is 91.0 Å². The van der Waals surface area contributed by atoms with E-state index >= 15 is 0 Å². The number of benzene rings is 3. The maximum atomic E-state index is 12.1. The number of methoxy groups -OCH3 is 3. The maximum absolute atomic E-state index is 12.1. The van der Waals surface area contributed by atoms with Gasteiger partial charge in [0.2, 0.25) is 38.7 Å². The summed E-state index contributed by atoms with van der Waals surface area (Å²) in [6.07, 6.45) is 3.86. The van der Waals surface area contributed by atoms with Crippen molar-refractivity contribution in [2.24, 2.45) is 16.7 Å². The zero-order valence-electron chi connectivity index (χ0n) is 46.0. The van der Waals surface area contributed by atoms with Crippen molar-refractivity contribution in [1.29, 1.82) is 0 Å². The van der Waals surface area contributed by atoms with Gasteiger partial charge in [0.05, 0.1) is 71.3 Å². The first-order valence-electron chi connectivity index (χ1n) is 23.1. The van der Waals surface area contributed by atoms with Crippen molar-refractivity contribution in [3.05, 3.63) is 162 Å². The average molecular weight is 1290 g/mol. The molecule has 0 amide bonds. The molecule has 5 heterocycles. The van der Waals surface area contributed by atoms with Gasteiger partial charge in [0.25, 0.3) is 0 Å². The van der Waals surface area contributed by atoms with Crippen LogP contribution in [0.5, 0.6) is 17.6 Å². The van der Waals surface area contributed by atoms with Gasteiger partial charge in [0.1, 0.15) is 29.1 Å². The van der Waals surface area contributed by atoms with Crippen LogP contribution in [0.25, 0.3) is 5.32 Å². The Morgan fingerprint density at radius 1 is 0.605 bits per heavy atom. The number of hydrogen-bond acceptors (Lipinski definition) is 17. The standard InChI is InChI=1S/C15H14ClN3O2.C14H12Cl2N2O3.C9H9ClO2.C9H18N.C5H4Cl2N2O.2ClH.Li.Mg.H4N2.H2O/c1-20-14-13-11(18-15(16)19-14)7-17-12(13)9-21-8-10-5-3-2-4-6-10;1-20-13-11(12(15)17-14(16)18-13)10(19)8-21-7-9-5-3-2-4-6-9;10-9(11)7-12-6-8-4-2-1-3-5-8;1-8(2)6-5-7-9(3,4)10-8;1-10-4-2-3(6)8-5(7)9-4;;;;;1-2;/h2-6H,7-9H2,1H3;2-6H,7-8H2,1H3;1-5H,6-7H2;5-7H2,1-4H3;2H,1H3;2*1H;;;1-2H2;1H2/q;;;-1;;;;+1;+2;;/p-2. The zero-order valence-corrected chi connectivity index (χ0v) is 53.5. The molecule has 29 heteroatoms. The summed E-state index contributed by atoms with van der Waals surface area (Å²) in [6, 6.07) is 30.6. The fraction of sp³-hybridized carbons (Fsp3) is 0.365. The number of carbonyl (C=O) groups is 2. The van der Waals surface area contributed by atoms with E-state index in [-0.39, 0.29) is 140 Å². The predicted molar refractivity (Wildman–Crippen MR) is 308 cm³/mol. The Morgan fingerprint density at radius 3 is 1.48 bits per heavy atom. The SMILES string of the molecule is CC1(C)CCCC(C)(C)[N-]1.COc1cc(Cl)nc(Cl)n1.COc1nc(Cl)nc(Cl)c1C(=O)COCc1ccccc1.COc1nc(Cl)nc2c1C(COCc1ccccc1)=NC2.NN.O.O=C(Cl)COCc1ccccc1.[Cl-].[Cl-].[Li+].[Mg+2]. The number of nitrogens with two attached hydrogens (primary N) is 2. The van der Waals surface area contributed by atoms with Crippen molar-refractivity contribution < 1.29 is 87.2 Å². The van der Waals surface area contributed by atoms with Crippen LogP contribution in [-0.4, -0.2) is 127 Å². The van der Waals surface area contributed by atoms with E-state index in [0.29, 0.717) is 44.7 Å². The Labute approximate surface area is 543 Å². The van der Waals surface area contributed by atoms with Gasteiger partial charge < -0.3 is 64.0 Å². The molecule has 6 aromatic rings. The first-order chi connectivity index (χ1) is 36.3. The molecular formula is C52H63Cl8LiMgN10O9. The number of Topliss-reactive ketones (excluding diaryl/α,β-unsaturated/α-hetero) is 1. The largest absolute Gasteiger partial charge is 2.00 e. The van der Waals surface area contributed by atoms with Crippen molar-refractivity contribution in [2.75, 3.05) is 41.2 Å². The number of ketones is 1. The molecule has 1 saturated heterocycles. The second-order valence-electron chi connectivity index (χ2n) is 17.1. The van der Waals surface area contributed by atoms with Crippen LogP contribution in [0.15, 0.2) is 102 Å². The van der Waals surface area contributed by atoms with Crippen molar-refractivity contribution in [3.8, 4) is 17.6 Å². The van der Waals surface area contributed by atoms with E-state index in [9.17, 15) is 9.59 Å². The van der Waals surface area contributed by atoms with Gasteiger partial charge in [-0.2, -0.15) is 15.0 Å². The maximum Gasteiger partial charge on any atom is 2.00 e. The summed E-state index contributed by atoms with van der Waals surface area (Å²) in [5.41, 5.74) is 6.05. The molecule has 434 valence electrons. The molecule has 0 saturated carbocycles. The number of ether oxygens (including phenoxy) is 6. The third kappa shape index (κ3) is 32.0. The number of piperidine rings is 1. The van der Waals surface area contributed by atoms with Gasteiger partial charge in [-0.3, -0.25) is 26.3 Å². The van der Waals surface area contributed by atoms with Crippen LogP contribution in [0, 0.1) is 0 Å². The molecule has 0 unspecified atom stereocenters. The number of hydrogen-bond donors (Lipinski definition) is 2. The second kappa shape index (κ2) is 44.2. The Kier molecular flexibility index (Phi) is 44.7. The summed E-state index contributed by atoms with van der Waals surface area (Å²) < 4.78 is 31.1. The number of halogens is 8. The minimum atomic E-state index is -0.467. The summed E-state index contributed by atoms with van der Waals surface area (Å²) in [4.78, 5) is 50.0. The Bertz CT molecular complexity index is 2710. The third-order valence-corrected chi connectivity index (χ3v) is 11.2. The van der Waals surface area contributed by atoms with Crippen molar-refractivity contribution in [2.45, 2.75) is 84.4 Å². The number of aromatic nitrogens is 6. The Morgan fingerprint density at radius 2 is 1.05 bits per heavy atom. The van der Waals surface area contributed by atoms with Crippen LogP contribution < -0.4 is 69.6 Å². The molecule has 3 aromatic heterocycles. The molecule has 2 aliphatic rings. The van der Waals surface area contributed by atoms with E-state index in [2.05, 4.69) is 74.3 Å². The summed E-state index contributed by atoms with van der Waals surface area (Å²) >= 11 is 33.5. The summed E-state index contributed by atoms with van der Waals surface area (Å²) in [5.74, 6) is 8.48. The molecule has 3 aromatic carbocycles. The minimum Gasteiger partial charge on any atom is -1.00 e. The normalized spacial score (nSPS) is 12.5. The van der Waals surface area contributed by atoms with Gasteiger partial charge in [0, 0.05) is 6.07 Å². The topological polar surface area (TPSA) is 277 Å². The van der Waals surface area contributed by atoms with E-state index in [1.54, 1.807) is 7.11 Å². The van der Waals surface area contributed by atoms with Gasteiger partial charge in [-0.25, -0.2) is 15.0 Å². The fourth-order valence-electron chi connectivity index (χ4n) is 7.08. The van der Waals surface area contributed by atoms with E-state index < -0.39 is 5.24 Å². The summed E-state index contributed by atoms with van der Waals surface area (Å²) in [6.45, 7) is 10.9. The smallest absolute Gasteiger partial charge is 1.00 e. The molecule has 0 aliphatic carbocycles. The molecule has 2 aliphatic heterocycles. The number of hydrazine groups is 1. The molecule has 1 fully saturated rings. The number of nitrogens with zero attached hydrogens (tertiary/aromatic N) is 8. The van der Waals surface area contributed by atoms with Gasteiger partial charge in [-0.1, -0.05) is 161 Å². The molecule has 6 N–H and O–H groups in total. The van der Waals surface area contributed by atoms with Crippen LogP contribution in [0.1, 0.15) is 85.3 Å². The number of fused-ring (bicyclic) bond motifs is 1. The summed E-state index contributed by atoms with van der Waals surface area (Å²) in [7, 11) is 4.41. The molecule has 0 spiro atoms. The molecule has 19 nitrogen and oxygen atoms in total. The number of aliphatic imine (C=N–C) groups is 1. The van der Waals surface area contributed by atoms with Gasteiger partial charge in [-0.05, 0) is 63.1 Å². The summed E-state index contributed by atoms with van der Waals surface area (Å²) in [5, 5.41) is 4.68. The van der Waals surface area contributed by atoms with Gasteiger partial charge in [-0.15, -0.1) is 11.1 Å². The van der Waals surface area contributed by atoms with Crippen LogP contribution in [0.3, 0.4) is 0 Å². The van der Waals surface area contributed by atoms with Crippen molar-refractivity contribution >= 4 is 109 Å². The fourth-order valence-corrected chi connectivity index (χ4v) is 8.20. The van der Waals surface area contributed by atoms with E-state index in [1.165, 1.54) is 39.5 Å². The monoisotopic (exact) mass is 1280 g/mol. The van der Waals surface area contributed by atoms with Crippen molar-refractivity contribution in [3.63, 3.8) is 0 Å². The van der Waals surface area contributed by atoms with E-state index in [4.69, 9.17) is 103 Å². The quantitative estimate of drug-likeness (QED) is 0.0263. The predicted octanol–water partition coefficient (Wildman–Crippen LogP) is 1.34. The molecule has 0 bridgehead atoms. The molecule has 81 heavy (non-hydrogen) atoms. The minimum absolute atomic E-state index is 0. The van der Waals surface area contributed by atoms with Crippen LogP contribution in [0.4, 0.5) is 0 Å². The molecule has 0 radical (unpaired) electrons. The van der Waals surface area contributed by atoms with Crippen LogP contribution >= 0.6 is 69.6 Å². The van der Waals surface area contributed by atoms with Gasteiger partial charge in [0.15, 0.2) is 5.78 Å². The Hall–Kier alpha value is -3.29. The molecule has 8 rings (SSSR count). The first kappa shape index (κ1) is 81.9. The number of carbonyl (C=O) groups excluding carboxylic acids is 2. The van der Waals surface area contributed by atoms with Gasteiger partial charge >= 0.3 is 41.9 Å².